The van der Waals surface area contributed by atoms with E-state index in [4.69, 9.17) is 4.42 Å². The Morgan fingerprint density at radius 2 is 0.809 bits per heavy atom. The van der Waals surface area contributed by atoms with Crippen LogP contribution in [0.4, 0.5) is 0 Å². The number of benzene rings is 9. The van der Waals surface area contributed by atoms with Crippen molar-refractivity contribution in [1.29, 1.82) is 0 Å². The molecule has 0 aliphatic carbocycles. The Morgan fingerprint density at radius 3 is 1.53 bits per heavy atom. The molecule has 0 amide bonds. The lowest BCUT2D eigenvalue weighted by molar-refractivity contribution is 0.670. The van der Waals surface area contributed by atoms with Crippen molar-refractivity contribution in [2.24, 2.45) is 0 Å². The number of furan rings is 1. The Bertz CT molecular complexity index is 2780. The molecule has 0 bridgehead atoms. The van der Waals surface area contributed by atoms with E-state index in [0.717, 1.165) is 27.5 Å². The molecule has 0 atom stereocenters. The maximum absolute atomic E-state index is 6.56. The highest BCUT2D eigenvalue weighted by Crippen LogP contribution is 2.46. The molecule has 0 unspecified atom stereocenters. The molecule has 9 aromatic carbocycles. The second kappa shape index (κ2) is 10.2. The van der Waals surface area contributed by atoms with E-state index in [-0.39, 0.29) is 0 Å². The van der Waals surface area contributed by atoms with Crippen LogP contribution in [0.3, 0.4) is 0 Å². The summed E-state index contributed by atoms with van der Waals surface area (Å²) < 4.78 is 6.56. The van der Waals surface area contributed by atoms with Gasteiger partial charge in [0.15, 0.2) is 0 Å². The maximum Gasteiger partial charge on any atom is 0.143 e. The van der Waals surface area contributed by atoms with Crippen molar-refractivity contribution in [3.8, 4) is 33.4 Å². The standard InChI is InChI=1S/C46H28O/c1-2-11-34-30(10-1)22-23-31-24-27-33(28-42(31)34)29-20-25-32(26-21-29)44-36-13-3-5-15-38(36)45(39-16-6-4-14-37(39)44)41-18-9-17-40-35-12-7-8-19-43(35)47-46(40)41/h1-28H. The van der Waals surface area contributed by atoms with E-state index in [1.165, 1.54) is 70.9 Å². The van der Waals surface area contributed by atoms with Crippen LogP contribution in [0.25, 0.3) is 98.4 Å². The van der Waals surface area contributed by atoms with Crippen LogP contribution in [0.15, 0.2) is 174 Å². The van der Waals surface area contributed by atoms with Gasteiger partial charge in [0.1, 0.15) is 11.2 Å². The van der Waals surface area contributed by atoms with E-state index in [0.29, 0.717) is 0 Å². The summed E-state index contributed by atoms with van der Waals surface area (Å²) in [5.74, 6) is 0. The molecule has 1 nitrogen and oxygen atoms in total. The van der Waals surface area contributed by atoms with Gasteiger partial charge in [0, 0.05) is 21.9 Å². The number of para-hydroxylation sites is 2. The SMILES string of the molecule is c1ccc2c(c1)ccc1ccc(-c3ccc(-c4c5ccccc5c(-c5cccc6c5oc5ccccc56)c5ccccc45)cc3)cc12. The molecule has 0 fully saturated rings. The molecule has 47 heavy (non-hydrogen) atoms. The zero-order chi connectivity index (χ0) is 30.9. The monoisotopic (exact) mass is 596 g/mol. The summed E-state index contributed by atoms with van der Waals surface area (Å²) in [4.78, 5) is 0. The van der Waals surface area contributed by atoms with Crippen molar-refractivity contribution < 1.29 is 4.42 Å². The van der Waals surface area contributed by atoms with Crippen LogP contribution in [-0.2, 0) is 0 Å². The summed E-state index contributed by atoms with van der Waals surface area (Å²) in [5, 5.41) is 12.3. The van der Waals surface area contributed by atoms with Crippen molar-refractivity contribution in [2.75, 3.05) is 0 Å². The van der Waals surface area contributed by atoms with Gasteiger partial charge in [-0.05, 0) is 77.5 Å². The minimum Gasteiger partial charge on any atom is -0.455 e. The summed E-state index contributed by atoms with van der Waals surface area (Å²) >= 11 is 0. The Kier molecular flexibility index (Phi) is 5.64. The first-order chi connectivity index (χ1) is 23.3. The molecule has 0 saturated heterocycles. The zero-order valence-corrected chi connectivity index (χ0v) is 25.6. The van der Waals surface area contributed by atoms with Crippen LogP contribution in [0.2, 0.25) is 0 Å². The molecule has 1 heteroatoms. The summed E-state index contributed by atoms with van der Waals surface area (Å²) in [7, 11) is 0. The van der Waals surface area contributed by atoms with E-state index >= 15 is 0 Å². The maximum atomic E-state index is 6.56. The molecule has 1 heterocycles. The van der Waals surface area contributed by atoms with Crippen LogP contribution in [0.5, 0.6) is 0 Å². The second-order valence-electron chi connectivity index (χ2n) is 12.4. The highest BCUT2D eigenvalue weighted by Gasteiger charge is 2.20. The van der Waals surface area contributed by atoms with Crippen LogP contribution in [-0.4, -0.2) is 0 Å². The minimum atomic E-state index is 0.917. The number of rotatable bonds is 3. The lowest BCUT2D eigenvalue weighted by Gasteiger charge is -2.18. The highest BCUT2D eigenvalue weighted by molar-refractivity contribution is 6.24. The van der Waals surface area contributed by atoms with Crippen LogP contribution in [0.1, 0.15) is 0 Å². The quantitative estimate of drug-likeness (QED) is 0.146. The van der Waals surface area contributed by atoms with E-state index < -0.39 is 0 Å². The van der Waals surface area contributed by atoms with Gasteiger partial charge in [-0.3, -0.25) is 0 Å². The van der Waals surface area contributed by atoms with Crippen molar-refractivity contribution in [2.45, 2.75) is 0 Å². The van der Waals surface area contributed by atoms with Gasteiger partial charge in [0.05, 0.1) is 0 Å². The Hall–Kier alpha value is -6.18. The Balaban J connectivity index is 1.17. The normalized spacial score (nSPS) is 11.8. The van der Waals surface area contributed by atoms with Crippen LogP contribution in [0, 0.1) is 0 Å². The summed E-state index contributed by atoms with van der Waals surface area (Å²) in [6.45, 7) is 0. The number of hydrogen-bond donors (Lipinski definition) is 0. The molecule has 0 aliphatic heterocycles. The first-order valence-corrected chi connectivity index (χ1v) is 16.2. The number of fused-ring (bicyclic) bond motifs is 8. The predicted octanol–water partition coefficient (Wildman–Crippen LogP) is 13.2. The molecule has 0 N–H and O–H groups in total. The third-order valence-electron chi connectivity index (χ3n) is 9.86. The lowest BCUT2D eigenvalue weighted by Crippen LogP contribution is -1.91. The Morgan fingerprint density at radius 1 is 0.298 bits per heavy atom. The molecular weight excluding hydrogens is 569 g/mol. The topological polar surface area (TPSA) is 13.1 Å². The molecule has 10 aromatic rings. The van der Waals surface area contributed by atoms with Gasteiger partial charge >= 0.3 is 0 Å². The third-order valence-corrected chi connectivity index (χ3v) is 9.86. The first-order valence-electron chi connectivity index (χ1n) is 16.2. The van der Waals surface area contributed by atoms with E-state index in [1.807, 2.05) is 6.07 Å². The predicted molar refractivity (Wildman–Crippen MR) is 200 cm³/mol. The lowest BCUT2D eigenvalue weighted by atomic mass is 9.85. The van der Waals surface area contributed by atoms with Gasteiger partial charge in [-0.1, -0.05) is 158 Å². The minimum absolute atomic E-state index is 0.917. The van der Waals surface area contributed by atoms with Gasteiger partial charge in [-0.15, -0.1) is 0 Å². The molecule has 0 spiro atoms. The van der Waals surface area contributed by atoms with Crippen molar-refractivity contribution in [3.05, 3.63) is 170 Å². The fourth-order valence-electron chi connectivity index (χ4n) is 7.68. The average Bonchev–Trinajstić information content (AvgIpc) is 3.53. The summed E-state index contributed by atoms with van der Waals surface area (Å²) in [6.07, 6.45) is 0. The van der Waals surface area contributed by atoms with Crippen molar-refractivity contribution >= 4 is 65.0 Å². The van der Waals surface area contributed by atoms with E-state index in [9.17, 15) is 0 Å². The fraction of sp³-hybridized carbons (Fsp3) is 0. The van der Waals surface area contributed by atoms with Crippen LogP contribution >= 0.6 is 0 Å². The molecule has 10 rings (SSSR count). The van der Waals surface area contributed by atoms with Crippen molar-refractivity contribution in [3.63, 3.8) is 0 Å². The highest BCUT2D eigenvalue weighted by atomic mass is 16.3. The largest absolute Gasteiger partial charge is 0.455 e. The molecule has 1 aromatic heterocycles. The molecule has 0 radical (unpaired) electrons. The van der Waals surface area contributed by atoms with Crippen molar-refractivity contribution in [1.82, 2.24) is 0 Å². The zero-order valence-electron chi connectivity index (χ0n) is 25.6. The molecule has 0 aliphatic rings. The van der Waals surface area contributed by atoms with Gasteiger partial charge in [0.25, 0.3) is 0 Å². The van der Waals surface area contributed by atoms with Gasteiger partial charge in [-0.2, -0.15) is 0 Å². The van der Waals surface area contributed by atoms with Gasteiger partial charge in [-0.25, -0.2) is 0 Å². The smallest absolute Gasteiger partial charge is 0.143 e. The Labute approximate surface area is 271 Å². The fourth-order valence-corrected chi connectivity index (χ4v) is 7.68. The molecule has 0 saturated carbocycles. The third kappa shape index (κ3) is 3.97. The second-order valence-corrected chi connectivity index (χ2v) is 12.4. The van der Waals surface area contributed by atoms with Gasteiger partial charge in [0.2, 0.25) is 0 Å². The summed E-state index contributed by atoms with van der Waals surface area (Å²) in [5.41, 5.74) is 9.09. The average molecular weight is 597 g/mol. The summed E-state index contributed by atoms with van der Waals surface area (Å²) in [6, 6.07) is 61.5. The first kappa shape index (κ1) is 26.1. The van der Waals surface area contributed by atoms with Crippen LogP contribution < -0.4 is 0 Å². The molecular formula is C46H28O. The van der Waals surface area contributed by atoms with E-state index in [2.05, 4.69) is 164 Å². The van der Waals surface area contributed by atoms with E-state index in [1.54, 1.807) is 0 Å². The van der Waals surface area contributed by atoms with Gasteiger partial charge < -0.3 is 4.42 Å². The molecule has 218 valence electrons. The number of hydrogen-bond acceptors (Lipinski definition) is 1.